The minimum absolute atomic E-state index is 0.261. The van der Waals surface area contributed by atoms with E-state index in [1.54, 1.807) is 20.3 Å². The first kappa shape index (κ1) is 17.1. The van der Waals surface area contributed by atoms with Crippen LogP contribution in [0.15, 0.2) is 18.2 Å². The van der Waals surface area contributed by atoms with E-state index in [-0.39, 0.29) is 5.92 Å². The highest BCUT2D eigenvalue weighted by molar-refractivity contribution is 5.90. The summed E-state index contributed by atoms with van der Waals surface area (Å²) < 4.78 is 10.9. The molecule has 1 unspecified atom stereocenters. The van der Waals surface area contributed by atoms with Crippen LogP contribution in [0, 0.1) is 0 Å². The number of hydrogen-bond acceptors (Lipinski definition) is 5. The number of hydrogen-bond donors (Lipinski definition) is 2. The topological polar surface area (TPSA) is 82.8 Å². The van der Waals surface area contributed by atoms with E-state index in [4.69, 9.17) is 20.0 Å². The molecule has 23 heavy (non-hydrogen) atoms. The summed E-state index contributed by atoms with van der Waals surface area (Å²) in [5, 5.41) is 0. The molecule has 0 saturated carbocycles. The van der Waals surface area contributed by atoms with Gasteiger partial charge in [-0.25, -0.2) is 0 Å². The lowest BCUT2D eigenvalue weighted by molar-refractivity contribution is -0.125. The molecule has 0 bridgehead atoms. The molecule has 0 fully saturated rings. The Kier molecular flexibility index (Phi) is 4.85. The number of nitrogens with one attached hydrogen (secondary N) is 1. The van der Waals surface area contributed by atoms with Crippen molar-refractivity contribution in [2.24, 2.45) is 5.73 Å². The number of amides is 1. The number of carbonyl (C=O) groups is 1. The van der Waals surface area contributed by atoms with E-state index in [0.29, 0.717) is 17.9 Å². The number of methoxy groups -OCH3 is 2. The smallest absolute Gasteiger partial charge is 0.245 e. The molecule has 1 heterocycles. The third-order valence-corrected chi connectivity index (χ3v) is 4.16. The summed E-state index contributed by atoms with van der Waals surface area (Å²) in [6, 6.07) is 3.79. The van der Waals surface area contributed by atoms with Crippen molar-refractivity contribution in [3.63, 3.8) is 0 Å². The zero-order chi connectivity index (χ0) is 17.2. The van der Waals surface area contributed by atoms with Gasteiger partial charge in [0.2, 0.25) is 5.91 Å². The molecule has 6 heteroatoms. The molecule has 3 N–H and O–H groups in total. The second kappa shape index (κ2) is 6.50. The monoisotopic (exact) mass is 320 g/mol. The van der Waals surface area contributed by atoms with Crippen LogP contribution in [0.4, 0.5) is 0 Å². The van der Waals surface area contributed by atoms with Crippen LogP contribution in [-0.2, 0) is 9.63 Å². The summed E-state index contributed by atoms with van der Waals surface area (Å²) in [5.41, 5.74) is 9.02. The maximum absolute atomic E-state index is 11.7. The number of benzene rings is 1. The molecule has 1 aromatic carbocycles. The van der Waals surface area contributed by atoms with Crippen LogP contribution >= 0.6 is 0 Å². The van der Waals surface area contributed by atoms with Crippen molar-refractivity contribution < 1.29 is 19.1 Å². The van der Waals surface area contributed by atoms with Gasteiger partial charge in [0.1, 0.15) is 11.5 Å². The number of hydroxylamine groups is 1. The predicted molar refractivity (Wildman–Crippen MR) is 88.0 cm³/mol. The molecule has 1 amide bonds. The van der Waals surface area contributed by atoms with E-state index in [1.807, 2.05) is 19.1 Å². The van der Waals surface area contributed by atoms with Crippen LogP contribution in [0.2, 0.25) is 0 Å². The summed E-state index contributed by atoms with van der Waals surface area (Å²) >= 11 is 0. The molecular weight excluding hydrogens is 296 g/mol. The Morgan fingerprint density at radius 2 is 1.96 bits per heavy atom. The quantitative estimate of drug-likeness (QED) is 0.840. The summed E-state index contributed by atoms with van der Waals surface area (Å²) in [4.78, 5) is 17.3. The Labute approximate surface area is 136 Å². The first-order valence-electron chi connectivity index (χ1n) is 7.61. The molecule has 0 aromatic heterocycles. The van der Waals surface area contributed by atoms with Gasteiger partial charge in [0.25, 0.3) is 0 Å². The van der Waals surface area contributed by atoms with Crippen LogP contribution in [0.25, 0.3) is 5.76 Å². The van der Waals surface area contributed by atoms with Crippen LogP contribution in [0.3, 0.4) is 0 Å². The van der Waals surface area contributed by atoms with Crippen LogP contribution in [-0.4, -0.2) is 25.7 Å². The molecule has 1 aliphatic heterocycles. The first-order chi connectivity index (χ1) is 10.9. The SMILES string of the molecule is CCC1(C(N)=O)C=C(c2cc(C(C)C)c(OC)cc2OC)ON1. The van der Waals surface area contributed by atoms with Gasteiger partial charge in [-0.3, -0.25) is 4.79 Å². The number of primary amides is 1. The number of ether oxygens (including phenoxy) is 2. The van der Waals surface area contributed by atoms with Crippen molar-refractivity contribution in [2.45, 2.75) is 38.6 Å². The van der Waals surface area contributed by atoms with Crippen LogP contribution < -0.4 is 20.7 Å². The van der Waals surface area contributed by atoms with Crippen molar-refractivity contribution in [3.05, 3.63) is 29.3 Å². The highest BCUT2D eigenvalue weighted by atomic mass is 16.7. The second-order valence-electron chi connectivity index (χ2n) is 5.85. The highest BCUT2D eigenvalue weighted by Gasteiger charge is 2.40. The van der Waals surface area contributed by atoms with E-state index in [2.05, 4.69) is 19.3 Å². The van der Waals surface area contributed by atoms with Gasteiger partial charge in [-0.1, -0.05) is 20.8 Å². The number of carbonyl (C=O) groups excluding carboxylic acids is 1. The molecule has 0 spiro atoms. The highest BCUT2D eigenvalue weighted by Crippen LogP contribution is 2.39. The van der Waals surface area contributed by atoms with Crippen molar-refractivity contribution >= 4 is 11.7 Å². The molecule has 6 nitrogen and oxygen atoms in total. The lowest BCUT2D eigenvalue weighted by atomic mass is 9.93. The molecule has 1 aromatic rings. The fraction of sp³-hybridized carbons (Fsp3) is 0.471. The van der Waals surface area contributed by atoms with Crippen LogP contribution in [0.5, 0.6) is 11.5 Å². The third-order valence-electron chi connectivity index (χ3n) is 4.16. The molecule has 0 radical (unpaired) electrons. The predicted octanol–water partition coefficient (Wildman–Crippen LogP) is 2.34. The summed E-state index contributed by atoms with van der Waals surface area (Å²) in [6.45, 7) is 6.03. The minimum Gasteiger partial charge on any atom is -0.496 e. The maximum Gasteiger partial charge on any atom is 0.245 e. The van der Waals surface area contributed by atoms with Gasteiger partial charge in [0.05, 0.1) is 19.8 Å². The summed E-state index contributed by atoms with van der Waals surface area (Å²) in [7, 11) is 3.21. The van der Waals surface area contributed by atoms with Crippen molar-refractivity contribution in [1.82, 2.24) is 5.48 Å². The van der Waals surface area contributed by atoms with E-state index in [9.17, 15) is 4.79 Å². The van der Waals surface area contributed by atoms with Crippen molar-refractivity contribution in [2.75, 3.05) is 14.2 Å². The Bertz CT molecular complexity index is 640. The van der Waals surface area contributed by atoms with Gasteiger partial charge in [-0.2, -0.15) is 0 Å². The Morgan fingerprint density at radius 1 is 1.30 bits per heavy atom. The maximum atomic E-state index is 11.7. The van der Waals surface area contributed by atoms with E-state index in [0.717, 1.165) is 16.9 Å². The fourth-order valence-corrected chi connectivity index (χ4v) is 2.60. The van der Waals surface area contributed by atoms with E-state index >= 15 is 0 Å². The normalized spacial score (nSPS) is 20.2. The van der Waals surface area contributed by atoms with Crippen molar-refractivity contribution in [3.8, 4) is 11.5 Å². The number of rotatable bonds is 6. The average Bonchev–Trinajstić information content (AvgIpc) is 2.99. The minimum atomic E-state index is -1.00. The largest absolute Gasteiger partial charge is 0.496 e. The van der Waals surface area contributed by atoms with Gasteiger partial charge < -0.3 is 20.0 Å². The third kappa shape index (κ3) is 2.99. The Morgan fingerprint density at radius 3 is 2.39 bits per heavy atom. The first-order valence-corrected chi connectivity index (χ1v) is 7.61. The summed E-state index contributed by atoms with van der Waals surface area (Å²) in [5.74, 6) is 1.66. The summed E-state index contributed by atoms with van der Waals surface area (Å²) in [6.07, 6.45) is 2.20. The lowest BCUT2D eigenvalue weighted by Gasteiger charge is -2.19. The molecule has 0 aliphatic carbocycles. The molecule has 126 valence electrons. The molecule has 1 atom stereocenters. The van der Waals surface area contributed by atoms with E-state index < -0.39 is 11.4 Å². The second-order valence-corrected chi connectivity index (χ2v) is 5.85. The van der Waals surface area contributed by atoms with E-state index in [1.165, 1.54) is 0 Å². The molecular formula is C17H24N2O4. The lowest BCUT2D eigenvalue weighted by Crippen LogP contribution is -2.50. The number of nitrogens with two attached hydrogens (primary N) is 1. The van der Waals surface area contributed by atoms with Crippen LogP contribution in [0.1, 0.15) is 44.2 Å². The molecule has 1 aliphatic rings. The van der Waals surface area contributed by atoms with Gasteiger partial charge in [-0.15, -0.1) is 5.48 Å². The van der Waals surface area contributed by atoms with Gasteiger partial charge >= 0.3 is 0 Å². The Hall–Kier alpha value is -2.21. The fourth-order valence-electron chi connectivity index (χ4n) is 2.60. The molecule has 2 rings (SSSR count). The standard InChI is InChI=1S/C17H24N2O4/c1-6-17(16(18)20)9-15(23-19-17)12-7-11(10(2)3)13(21-4)8-14(12)22-5/h7-10,19H,6H2,1-5H3,(H2,18,20). The Balaban J connectivity index is 2.57. The van der Waals surface area contributed by atoms with Gasteiger partial charge in [-0.05, 0) is 30.0 Å². The molecule has 0 saturated heterocycles. The van der Waals surface area contributed by atoms with Crippen molar-refractivity contribution in [1.29, 1.82) is 0 Å². The zero-order valence-corrected chi connectivity index (χ0v) is 14.2. The average molecular weight is 320 g/mol. The van der Waals surface area contributed by atoms with Gasteiger partial charge in [0.15, 0.2) is 11.3 Å². The van der Waals surface area contributed by atoms with Gasteiger partial charge in [0, 0.05) is 6.07 Å². The zero-order valence-electron chi connectivity index (χ0n) is 14.2.